The van der Waals surface area contributed by atoms with E-state index in [2.05, 4.69) is 35.8 Å². The highest BCUT2D eigenvalue weighted by Gasteiger charge is 2.17. The van der Waals surface area contributed by atoms with E-state index >= 15 is 0 Å². The number of rotatable bonds is 1. The molecule has 2 aliphatic rings. The molecule has 23 heavy (non-hydrogen) atoms. The van der Waals surface area contributed by atoms with Gasteiger partial charge in [0.2, 0.25) is 0 Å². The number of aromatic amines is 1. The largest absolute Gasteiger partial charge is 0.317 e. The molecule has 0 fully saturated rings. The van der Waals surface area contributed by atoms with Crippen LogP contribution in [0.1, 0.15) is 11.1 Å². The number of aromatic nitrogens is 4. The maximum absolute atomic E-state index is 4.50. The molecule has 3 aromatic rings. The number of hydrogen-bond acceptors (Lipinski definition) is 4. The molecule has 6 nitrogen and oxygen atoms in total. The van der Waals surface area contributed by atoms with E-state index in [1.165, 1.54) is 0 Å². The van der Waals surface area contributed by atoms with Crippen molar-refractivity contribution in [2.24, 2.45) is 9.98 Å². The molecular formula is C17H12N6. The Morgan fingerprint density at radius 1 is 1.13 bits per heavy atom. The lowest BCUT2D eigenvalue weighted by Gasteiger charge is -2.10. The van der Waals surface area contributed by atoms with Crippen molar-refractivity contribution in [3.05, 3.63) is 64.8 Å². The number of nitrogens with zero attached hydrogens (tertiary/aromatic N) is 5. The van der Waals surface area contributed by atoms with Crippen LogP contribution in [0.5, 0.6) is 0 Å². The Labute approximate surface area is 131 Å². The van der Waals surface area contributed by atoms with E-state index < -0.39 is 0 Å². The summed E-state index contributed by atoms with van der Waals surface area (Å²) in [6.07, 6.45) is 9.25. The highest BCUT2D eigenvalue weighted by molar-refractivity contribution is 6.15. The molecule has 5 rings (SSSR count). The molecule has 1 N–H and O–H groups in total. The van der Waals surface area contributed by atoms with Crippen molar-refractivity contribution in [1.82, 2.24) is 19.7 Å². The molecule has 2 aromatic heterocycles. The van der Waals surface area contributed by atoms with Crippen LogP contribution >= 0.6 is 0 Å². The van der Waals surface area contributed by atoms with E-state index in [0.717, 1.165) is 38.9 Å². The molecule has 0 amide bonds. The van der Waals surface area contributed by atoms with Crippen molar-refractivity contribution in [1.29, 1.82) is 0 Å². The topological polar surface area (TPSA) is 71.2 Å². The summed E-state index contributed by atoms with van der Waals surface area (Å²) in [5.74, 6) is 0. The maximum atomic E-state index is 4.50. The molecule has 110 valence electrons. The van der Waals surface area contributed by atoms with Crippen LogP contribution in [-0.2, 0) is 6.54 Å². The molecule has 4 heterocycles. The average Bonchev–Trinajstić information content (AvgIpc) is 3.32. The summed E-state index contributed by atoms with van der Waals surface area (Å²) in [4.78, 5) is 13.5. The minimum Gasteiger partial charge on any atom is -0.317 e. The fraction of sp³-hybridized carbons (Fsp3) is 0.0588. The zero-order chi connectivity index (χ0) is 15.2. The van der Waals surface area contributed by atoms with E-state index in [1.807, 2.05) is 36.8 Å². The lowest BCUT2D eigenvalue weighted by molar-refractivity contribution is 0.778. The number of nitrogens with one attached hydrogen (secondary N) is 1. The molecule has 0 radical (unpaired) electrons. The van der Waals surface area contributed by atoms with Crippen molar-refractivity contribution in [3.63, 3.8) is 0 Å². The molecule has 0 saturated carbocycles. The van der Waals surface area contributed by atoms with Gasteiger partial charge in [-0.05, 0) is 6.07 Å². The van der Waals surface area contributed by atoms with E-state index in [1.54, 1.807) is 12.4 Å². The quantitative estimate of drug-likeness (QED) is 0.721. The summed E-state index contributed by atoms with van der Waals surface area (Å²) in [5, 5.41) is 7.89. The Bertz CT molecular complexity index is 1080. The third-order valence-corrected chi connectivity index (χ3v) is 4.16. The van der Waals surface area contributed by atoms with Gasteiger partial charge in [-0.15, -0.1) is 0 Å². The lowest BCUT2D eigenvalue weighted by Crippen LogP contribution is -2.34. The van der Waals surface area contributed by atoms with Gasteiger partial charge in [0.1, 0.15) is 0 Å². The second-order valence-corrected chi connectivity index (χ2v) is 5.47. The van der Waals surface area contributed by atoms with Crippen LogP contribution in [0, 0.1) is 0 Å². The van der Waals surface area contributed by atoms with Crippen LogP contribution in [-0.4, -0.2) is 31.7 Å². The minimum absolute atomic E-state index is 0.667. The summed E-state index contributed by atoms with van der Waals surface area (Å²) in [6, 6.07) is 8.15. The van der Waals surface area contributed by atoms with Crippen LogP contribution in [0.3, 0.4) is 0 Å². The van der Waals surface area contributed by atoms with Gasteiger partial charge in [-0.3, -0.25) is 15.1 Å². The lowest BCUT2D eigenvalue weighted by atomic mass is 10.1. The van der Waals surface area contributed by atoms with Gasteiger partial charge in [-0.1, -0.05) is 18.2 Å². The molecule has 0 saturated heterocycles. The fourth-order valence-corrected chi connectivity index (χ4v) is 3.00. The number of fused-ring (bicyclic) bond motifs is 2. The monoisotopic (exact) mass is 300 g/mol. The Morgan fingerprint density at radius 3 is 3.00 bits per heavy atom. The van der Waals surface area contributed by atoms with Crippen molar-refractivity contribution in [2.75, 3.05) is 0 Å². The predicted molar refractivity (Wildman–Crippen MR) is 88.2 cm³/mol. The molecule has 0 bridgehead atoms. The zero-order valence-corrected chi connectivity index (χ0v) is 12.1. The highest BCUT2D eigenvalue weighted by atomic mass is 15.1. The number of benzene rings is 1. The minimum atomic E-state index is 0.667. The first kappa shape index (κ1) is 12.3. The number of H-pyrrole nitrogens is 1. The van der Waals surface area contributed by atoms with Gasteiger partial charge >= 0.3 is 0 Å². The third-order valence-electron chi connectivity index (χ3n) is 4.16. The van der Waals surface area contributed by atoms with Gasteiger partial charge in [0, 0.05) is 29.1 Å². The number of hydrogen-bond donors (Lipinski definition) is 1. The number of para-hydroxylation sites is 1. The smallest absolute Gasteiger partial charge is 0.151 e. The van der Waals surface area contributed by atoms with Crippen LogP contribution in [0.4, 0.5) is 5.69 Å². The van der Waals surface area contributed by atoms with Crippen LogP contribution in [0.25, 0.3) is 11.8 Å². The summed E-state index contributed by atoms with van der Waals surface area (Å²) in [7, 11) is 0. The zero-order valence-electron chi connectivity index (χ0n) is 12.1. The molecule has 0 unspecified atom stereocenters. The first-order valence-electron chi connectivity index (χ1n) is 7.35. The highest BCUT2D eigenvalue weighted by Crippen LogP contribution is 2.28. The molecule has 2 aliphatic heterocycles. The second kappa shape index (κ2) is 4.61. The van der Waals surface area contributed by atoms with Gasteiger partial charge in [0.15, 0.2) is 5.48 Å². The van der Waals surface area contributed by atoms with Crippen LogP contribution in [0.2, 0.25) is 0 Å². The van der Waals surface area contributed by atoms with Gasteiger partial charge in [-0.2, -0.15) is 5.10 Å². The average molecular weight is 300 g/mol. The van der Waals surface area contributed by atoms with Crippen molar-refractivity contribution >= 4 is 29.4 Å². The number of aliphatic imine (C=N–C) groups is 2. The van der Waals surface area contributed by atoms with Crippen molar-refractivity contribution in [3.8, 4) is 0 Å². The first-order chi connectivity index (χ1) is 11.4. The summed E-state index contributed by atoms with van der Waals surface area (Å²) < 4.78 is 2.17. The molecule has 0 aliphatic carbocycles. The second-order valence-electron chi connectivity index (χ2n) is 5.47. The Morgan fingerprint density at radius 2 is 2.09 bits per heavy atom. The van der Waals surface area contributed by atoms with Crippen LogP contribution in [0.15, 0.2) is 52.8 Å². The van der Waals surface area contributed by atoms with Crippen molar-refractivity contribution in [2.45, 2.75) is 6.54 Å². The summed E-state index contributed by atoms with van der Waals surface area (Å²) in [5.41, 5.74) is 6.06. The standard InChI is InChI=1S/C17H12N6/c1-2-4-14-12(3-1)13(7-18-14)16-8-20-17-9-19-15(10-23(16)17)11-5-21-22-6-11/h1-9H,10H2,(H,21,22)/b16-13+. The Kier molecular flexibility index (Phi) is 2.46. The molecular weight excluding hydrogens is 288 g/mol. The normalized spacial score (nSPS) is 17.5. The van der Waals surface area contributed by atoms with Crippen molar-refractivity contribution < 1.29 is 0 Å². The number of imidazole rings is 1. The van der Waals surface area contributed by atoms with E-state index in [0.29, 0.717) is 6.54 Å². The molecule has 0 atom stereocenters. The van der Waals surface area contributed by atoms with Gasteiger partial charge in [0.05, 0.1) is 41.9 Å². The van der Waals surface area contributed by atoms with Gasteiger partial charge < -0.3 is 4.57 Å². The maximum Gasteiger partial charge on any atom is 0.151 e. The third kappa shape index (κ3) is 1.81. The summed E-state index contributed by atoms with van der Waals surface area (Å²) in [6.45, 7) is 0.667. The SMILES string of the molecule is C1=Nc2ccccc2/C1=c1\cnc2n1CC(c1cn[nH]c1)=NC=2. The molecule has 1 aromatic carbocycles. The molecule has 6 heteroatoms. The van der Waals surface area contributed by atoms with E-state index in [9.17, 15) is 0 Å². The van der Waals surface area contributed by atoms with Crippen LogP contribution < -0.4 is 10.8 Å². The Hall–Kier alpha value is -3.28. The van der Waals surface area contributed by atoms with E-state index in [-0.39, 0.29) is 0 Å². The Balaban J connectivity index is 1.70. The molecule has 0 spiro atoms. The van der Waals surface area contributed by atoms with E-state index in [4.69, 9.17) is 0 Å². The van der Waals surface area contributed by atoms with Gasteiger partial charge in [-0.25, -0.2) is 4.98 Å². The predicted octanol–water partition coefficient (Wildman–Crippen LogP) is 0.762. The first-order valence-corrected chi connectivity index (χ1v) is 7.35. The fourth-order valence-electron chi connectivity index (χ4n) is 3.00. The summed E-state index contributed by atoms with van der Waals surface area (Å²) >= 11 is 0. The van der Waals surface area contributed by atoms with Gasteiger partial charge in [0.25, 0.3) is 0 Å².